The van der Waals surface area contributed by atoms with Crippen molar-refractivity contribution < 1.29 is 21.1 Å². The van der Waals surface area contributed by atoms with Gasteiger partial charge >= 0.3 is 21.1 Å². The van der Waals surface area contributed by atoms with Gasteiger partial charge in [0.05, 0.1) is 23.7 Å². The Morgan fingerprint density at radius 2 is 1.23 bits per heavy atom. The SMILES string of the molecule is CC(C)c1ccnc(-n2c3[c-]c(N(c4[c-]c(N5CN(C(C)(C)C)c6ccccc65)ccc4)c4c(-c5ccccc5)cccc4-c4ccccc4)ccc3c3ccccc32)c1.[Pt+2]. The van der Waals surface area contributed by atoms with E-state index in [0.717, 1.165) is 79.3 Å². The van der Waals surface area contributed by atoms with Gasteiger partial charge in [0, 0.05) is 28.4 Å². The fraction of sp³-hybridized carbons (Fsp3) is 0.145. The molecule has 0 fully saturated rings. The number of hydrogen-bond acceptors (Lipinski definition) is 4. The van der Waals surface area contributed by atoms with E-state index in [4.69, 9.17) is 4.98 Å². The number of para-hydroxylation sites is 4. The monoisotopic (exact) mass is 972 g/mol. The van der Waals surface area contributed by atoms with E-state index in [1.54, 1.807) is 0 Å². The Balaban J connectivity index is 0.00000476. The third kappa shape index (κ3) is 7.21. The summed E-state index contributed by atoms with van der Waals surface area (Å²) in [7, 11) is 0. The van der Waals surface area contributed by atoms with E-state index >= 15 is 0 Å². The average molecular weight is 973 g/mol. The molecule has 0 N–H and O–H groups in total. The minimum atomic E-state index is -0.0694. The van der Waals surface area contributed by atoms with E-state index in [2.05, 4.69) is 236 Å². The Kier molecular flexibility index (Phi) is 10.6. The van der Waals surface area contributed by atoms with E-state index in [9.17, 15) is 0 Å². The molecular formula is C55H47N5Pt. The van der Waals surface area contributed by atoms with Crippen LogP contribution in [0.4, 0.5) is 34.1 Å². The van der Waals surface area contributed by atoms with Crippen molar-refractivity contribution in [3.63, 3.8) is 0 Å². The Morgan fingerprint density at radius 1 is 0.607 bits per heavy atom. The Bertz CT molecular complexity index is 2940. The molecule has 0 saturated carbocycles. The third-order valence-corrected chi connectivity index (χ3v) is 11.8. The number of pyridine rings is 1. The molecule has 3 heterocycles. The molecule has 0 bridgehead atoms. The molecule has 1 aliphatic rings. The summed E-state index contributed by atoms with van der Waals surface area (Å²) in [5, 5.41) is 2.29. The third-order valence-electron chi connectivity index (χ3n) is 11.8. The number of nitrogens with zero attached hydrogens (tertiary/aromatic N) is 5. The van der Waals surface area contributed by atoms with Gasteiger partial charge in [0.25, 0.3) is 0 Å². The molecule has 0 aliphatic carbocycles. The topological polar surface area (TPSA) is 27.5 Å². The van der Waals surface area contributed by atoms with Crippen molar-refractivity contribution in [3.8, 4) is 28.1 Å². The predicted octanol–water partition coefficient (Wildman–Crippen LogP) is 14.4. The molecule has 5 nitrogen and oxygen atoms in total. The molecule has 10 rings (SSSR count). The van der Waals surface area contributed by atoms with Gasteiger partial charge in [-0.25, -0.2) is 4.98 Å². The first kappa shape index (κ1) is 40.0. The minimum absolute atomic E-state index is 0. The molecular weight excluding hydrogens is 926 g/mol. The molecule has 0 amide bonds. The van der Waals surface area contributed by atoms with Crippen molar-refractivity contribution in [2.45, 2.75) is 46.1 Å². The summed E-state index contributed by atoms with van der Waals surface area (Å²) in [6, 6.07) is 68.8. The Morgan fingerprint density at radius 3 is 1.92 bits per heavy atom. The summed E-state index contributed by atoms with van der Waals surface area (Å²) >= 11 is 0. The fourth-order valence-corrected chi connectivity index (χ4v) is 8.75. The van der Waals surface area contributed by atoms with Crippen LogP contribution in [0.15, 0.2) is 176 Å². The second kappa shape index (κ2) is 16.2. The van der Waals surface area contributed by atoms with Gasteiger partial charge in [-0.3, -0.25) is 0 Å². The van der Waals surface area contributed by atoms with Crippen molar-refractivity contribution in [1.29, 1.82) is 0 Å². The summed E-state index contributed by atoms with van der Waals surface area (Å²) in [5.41, 5.74) is 14.0. The minimum Gasteiger partial charge on any atom is -0.357 e. The molecule has 0 unspecified atom stereocenters. The van der Waals surface area contributed by atoms with E-state index in [0.29, 0.717) is 5.92 Å². The average Bonchev–Trinajstić information content (AvgIpc) is 3.84. The number of anilines is 6. The summed E-state index contributed by atoms with van der Waals surface area (Å²) < 4.78 is 2.28. The van der Waals surface area contributed by atoms with Crippen molar-refractivity contribution in [2.75, 3.05) is 21.4 Å². The van der Waals surface area contributed by atoms with E-state index in [1.807, 2.05) is 6.20 Å². The first-order valence-corrected chi connectivity index (χ1v) is 20.9. The van der Waals surface area contributed by atoms with Gasteiger partial charge in [-0.2, -0.15) is 12.1 Å². The summed E-state index contributed by atoms with van der Waals surface area (Å²) in [6.45, 7) is 12.0. The van der Waals surface area contributed by atoms with Gasteiger partial charge in [-0.05, 0) is 79.1 Å². The first-order chi connectivity index (χ1) is 29.2. The summed E-state index contributed by atoms with van der Waals surface area (Å²) in [4.78, 5) is 12.2. The molecule has 7 aromatic carbocycles. The van der Waals surface area contributed by atoms with Crippen molar-refractivity contribution in [2.24, 2.45) is 0 Å². The second-order valence-corrected chi connectivity index (χ2v) is 16.9. The molecule has 0 radical (unpaired) electrons. The van der Waals surface area contributed by atoms with Crippen LogP contribution in [0.3, 0.4) is 0 Å². The molecule has 0 saturated heterocycles. The van der Waals surface area contributed by atoms with E-state index in [1.165, 1.54) is 16.9 Å². The van der Waals surface area contributed by atoms with Crippen molar-refractivity contribution >= 4 is 55.9 Å². The number of fused-ring (bicyclic) bond motifs is 4. The zero-order valence-corrected chi connectivity index (χ0v) is 37.4. The second-order valence-electron chi connectivity index (χ2n) is 16.9. The molecule has 1 aliphatic heterocycles. The standard InChI is InChI=1S/C55H47N5.Pt/c1-38(2)41-32-33-56-53(34-41)60-49-27-13-12-24-47(49)48-31-30-44(36-52(48)60)59(54-45(39-18-8-6-9-19-39)25-17-26-46(54)40-20-10-7-11-21-40)43-23-16-22-42(35-43)57-37-58(55(3,4)5)51-29-15-14-28-50(51)57;/h6-34,38H,37H2,1-5H3;/q-2;+2. The van der Waals surface area contributed by atoms with Crippen LogP contribution in [0.1, 0.15) is 46.1 Å². The first-order valence-electron chi connectivity index (χ1n) is 20.9. The summed E-state index contributed by atoms with van der Waals surface area (Å²) in [6.07, 6.45) is 1.93. The molecule has 6 heteroatoms. The van der Waals surface area contributed by atoms with Crippen LogP contribution >= 0.6 is 0 Å². The molecule has 0 atom stereocenters. The van der Waals surface area contributed by atoms with E-state index < -0.39 is 0 Å². The van der Waals surface area contributed by atoms with Gasteiger partial charge in [0.15, 0.2) is 0 Å². The fourth-order valence-electron chi connectivity index (χ4n) is 8.75. The van der Waals surface area contributed by atoms with Crippen LogP contribution in [0.25, 0.3) is 49.9 Å². The van der Waals surface area contributed by atoms with Crippen LogP contribution < -0.4 is 14.7 Å². The molecule has 2 aromatic heterocycles. The van der Waals surface area contributed by atoms with Crippen LogP contribution in [0.2, 0.25) is 0 Å². The quantitative estimate of drug-likeness (QED) is 0.142. The largest absolute Gasteiger partial charge is 2.00 e. The maximum atomic E-state index is 4.97. The van der Waals surface area contributed by atoms with Crippen LogP contribution in [-0.4, -0.2) is 21.8 Å². The van der Waals surface area contributed by atoms with Gasteiger partial charge in [-0.1, -0.05) is 146 Å². The maximum Gasteiger partial charge on any atom is 2.00 e. The number of rotatable bonds is 8. The van der Waals surface area contributed by atoms with Crippen LogP contribution in [0.5, 0.6) is 0 Å². The molecule has 302 valence electrons. The molecule has 0 spiro atoms. The normalized spacial score (nSPS) is 12.6. The zero-order valence-electron chi connectivity index (χ0n) is 35.1. The van der Waals surface area contributed by atoms with Gasteiger partial charge < -0.3 is 19.3 Å². The van der Waals surface area contributed by atoms with Gasteiger partial charge in [0.2, 0.25) is 0 Å². The van der Waals surface area contributed by atoms with Gasteiger partial charge in [0.1, 0.15) is 5.82 Å². The van der Waals surface area contributed by atoms with Crippen molar-refractivity contribution in [1.82, 2.24) is 9.55 Å². The number of benzene rings is 7. The molecule has 9 aromatic rings. The smallest absolute Gasteiger partial charge is 0.357 e. The number of aromatic nitrogens is 2. The maximum absolute atomic E-state index is 4.97. The van der Waals surface area contributed by atoms with Crippen LogP contribution in [0, 0.1) is 12.1 Å². The number of hydrogen-bond donors (Lipinski definition) is 0. The van der Waals surface area contributed by atoms with E-state index in [-0.39, 0.29) is 26.6 Å². The Hall–Kier alpha value is -6.42. The van der Waals surface area contributed by atoms with Crippen molar-refractivity contribution in [3.05, 3.63) is 194 Å². The zero-order chi connectivity index (χ0) is 41.0. The summed E-state index contributed by atoms with van der Waals surface area (Å²) in [5.74, 6) is 1.24. The predicted molar refractivity (Wildman–Crippen MR) is 252 cm³/mol. The molecule has 61 heavy (non-hydrogen) atoms. The van der Waals surface area contributed by atoms with Gasteiger partial charge in [-0.15, -0.1) is 35.7 Å². The Labute approximate surface area is 373 Å². The van der Waals surface area contributed by atoms with Crippen LogP contribution in [-0.2, 0) is 21.1 Å².